The Morgan fingerprint density at radius 1 is 1.30 bits per heavy atom. The second-order valence-electron chi connectivity index (χ2n) is 5.18. The number of carboxylic acid groups (broad SMARTS) is 1. The summed E-state index contributed by atoms with van der Waals surface area (Å²) < 4.78 is 5.37. The van der Waals surface area contributed by atoms with Crippen LogP contribution in [0.4, 0.5) is 10.5 Å². The van der Waals surface area contributed by atoms with Crippen LogP contribution < -0.4 is 10.6 Å². The molecular formula is C14H18N2O4. The molecule has 6 heteroatoms. The summed E-state index contributed by atoms with van der Waals surface area (Å²) in [6.07, 6.45) is 1.79. The third-order valence-corrected chi connectivity index (χ3v) is 3.24. The molecule has 1 fully saturated rings. The summed E-state index contributed by atoms with van der Waals surface area (Å²) in [7, 11) is 0. The fourth-order valence-electron chi connectivity index (χ4n) is 2.17. The fraction of sp³-hybridized carbons (Fsp3) is 0.429. The number of carbonyl (C=O) groups is 2. The molecule has 108 valence electrons. The molecule has 1 heterocycles. The largest absolute Gasteiger partial charge is 0.478 e. The van der Waals surface area contributed by atoms with Crippen LogP contribution in [0.5, 0.6) is 0 Å². The summed E-state index contributed by atoms with van der Waals surface area (Å²) in [5, 5.41) is 14.4. The van der Waals surface area contributed by atoms with Gasteiger partial charge in [0.1, 0.15) is 0 Å². The van der Waals surface area contributed by atoms with Gasteiger partial charge in [0.05, 0.1) is 17.7 Å². The summed E-state index contributed by atoms with van der Waals surface area (Å²) in [6.45, 7) is 3.17. The highest BCUT2D eigenvalue weighted by Gasteiger charge is 2.29. The van der Waals surface area contributed by atoms with Crippen LogP contribution in [-0.4, -0.2) is 35.9 Å². The van der Waals surface area contributed by atoms with E-state index < -0.39 is 5.97 Å². The fourth-order valence-corrected chi connectivity index (χ4v) is 2.17. The average molecular weight is 278 g/mol. The third kappa shape index (κ3) is 3.71. The summed E-state index contributed by atoms with van der Waals surface area (Å²) in [6, 6.07) is 5.69. The van der Waals surface area contributed by atoms with E-state index >= 15 is 0 Å². The van der Waals surface area contributed by atoms with Crippen molar-refractivity contribution in [2.75, 3.05) is 18.5 Å². The lowest BCUT2D eigenvalue weighted by molar-refractivity contribution is 0.0342. The minimum Gasteiger partial charge on any atom is -0.478 e. The van der Waals surface area contributed by atoms with E-state index in [2.05, 4.69) is 10.6 Å². The predicted octanol–water partition coefficient (Wildman–Crippen LogP) is 2.08. The Kier molecular flexibility index (Phi) is 4.24. The standard InChI is InChI=1S/C14H18N2O4/c1-14(7-2-8-20-9-14)16-13(19)15-11-5-3-10(4-6-11)12(17)18/h3-6H,2,7-9H2,1H3,(H,17,18)(H2,15,16,19). The lowest BCUT2D eigenvalue weighted by Gasteiger charge is -2.34. The monoisotopic (exact) mass is 278 g/mol. The molecule has 0 radical (unpaired) electrons. The number of urea groups is 1. The van der Waals surface area contributed by atoms with Gasteiger partial charge < -0.3 is 20.5 Å². The zero-order valence-corrected chi connectivity index (χ0v) is 11.3. The molecule has 1 aliphatic rings. The maximum absolute atomic E-state index is 11.9. The smallest absolute Gasteiger partial charge is 0.335 e. The Morgan fingerprint density at radius 3 is 2.55 bits per heavy atom. The molecule has 1 saturated heterocycles. The summed E-state index contributed by atoms with van der Waals surface area (Å²) >= 11 is 0. The maximum Gasteiger partial charge on any atom is 0.335 e. The number of aromatic carboxylic acids is 1. The highest BCUT2D eigenvalue weighted by atomic mass is 16.5. The summed E-state index contributed by atoms with van der Waals surface area (Å²) in [4.78, 5) is 22.6. The molecule has 0 spiro atoms. The SMILES string of the molecule is CC1(NC(=O)Nc2ccc(C(=O)O)cc2)CCCOC1. The quantitative estimate of drug-likeness (QED) is 0.790. The van der Waals surface area contributed by atoms with Crippen LogP contribution in [0.1, 0.15) is 30.1 Å². The predicted molar refractivity (Wildman–Crippen MR) is 74.0 cm³/mol. The molecule has 1 aliphatic heterocycles. The van der Waals surface area contributed by atoms with E-state index in [1.54, 1.807) is 12.1 Å². The van der Waals surface area contributed by atoms with Crippen molar-refractivity contribution < 1.29 is 19.4 Å². The number of hydrogen-bond donors (Lipinski definition) is 3. The van der Waals surface area contributed by atoms with Crippen LogP contribution >= 0.6 is 0 Å². The number of carboxylic acids is 1. The molecule has 2 amide bonds. The van der Waals surface area contributed by atoms with Crippen molar-refractivity contribution in [2.45, 2.75) is 25.3 Å². The molecule has 1 aromatic carbocycles. The Labute approximate surface area is 117 Å². The maximum atomic E-state index is 11.9. The Bertz CT molecular complexity index is 492. The van der Waals surface area contributed by atoms with Crippen molar-refractivity contribution in [3.05, 3.63) is 29.8 Å². The number of rotatable bonds is 3. The van der Waals surface area contributed by atoms with Gasteiger partial charge in [0.15, 0.2) is 0 Å². The molecule has 0 saturated carbocycles. The van der Waals surface area contributed by atoms with Gasteiger partial charge in [-0.3, -0.25) is 0 Å². The van der Waals surface area contributed by atoms with Crippen LogP contribution in [0.15, 0.2) is 24.3 Å². The van der Waals surface area contributed by atoms with Gasteiger partial charge >= 0.3 is 12.0 Å². The first-order chi connectivity index (χ1) is 9.48. The van der Waals surface area contributed by atoms with E-state index in [-0.39, 0.29) is 17.1 Å². The molecule has 0 bridgehead atoms. The average Bonchev–Trinajstić information content (AvgIpc) is 2.39. The first-order valence-corrected chi connectivity index (χ1v) is 6.49. The number of anilines is 1. The molecule has 2 rings (SSSR count). The topological polar surface area (TPSA) is 87.7 Å². The van der Waals surface area contributed by atoms with E-state index in [1.165, 1.54) is 12.1 Å². The zero-order valence-electron chi connectivity index (χ0n) is 11.3. The van der Waals surface area contributed by atoms with E-state index in [0.29, 0.717) is 12.3 Å². The molecule has 1 unspecified atom stereocenters. The van der Waals surface area contributed by atoms with Gasteiger partial charge in [-0.2, -0.15) is 0 Å². The van der Waals surface area contributed by atoms with Gasteiger partial charge in [-0.25, -0.2) is 9.59 Å². The summed E-state index contributed by atoms with van der Waals surface area (Å²) in [5.74, 6) is -0.993. The molecule has 0 aromatic heterocycles. The minimum atomic E-state index is -0.993. The third-order valence-electron chi connectivity index (χ3n) is 3.24. The number of nitrogens with one attached hydrogen (secondary N) is 2. The number of ether oxygens (including phenoxy) is 1. The Balaban J connectivity index is 1.92. The van der Waals surface area contributed by atoms with Crippen LogP contribution in [0.25, 0.3) is 0 Å². The number of amides is 2. The van der Waals surface area contributed by atoms with Crippen LogP contribution in [0.3, 0.4) is 0 Å². The molecule has 0 aliphatic carbocycles. The number of hydrogen-bond acceptors (Lipinski definition) is 3. The molecular weight excluding hydrogens is 260 g/mol. The number of benzene rings is 1. The first kappa shape index (κ1) is 14.3. The molecule has 20 heavy (non-hydrogen) atoms. The van der Waals surface area contributed by atoms with E-state index in [4.69, 9.17) is 9.84 Å². The van der Waals surface area contributed by atoms with E-state index in [1.807, 2.05) is 6.92 Å². The van der Waals surface area contributed by atoms with Crippen molar-refractivity contribution in [3.8, 4) is 0 Å². The molecule has 3 N–H and O–H groups in total. The van der Waals surface area contributed by atoms with Gasteiger partial charge in [0.25, 0.3) is 0 Å². The van der Waals surface area contributed by atoms with Gasteiger partial charge in [-0.05, 0) is 44.0 Å². The lowest BCUT2D eigenvalue weighted by atomic mass is 9.95. The molecule has 1 atom stereocenters. The highest BCUT2D eigenvalue weighted by Crippen LogP contribution is 2.18. The highest BCUT2D eigenvalue weighted by molar-refractivity contribution is 5.91. The minimum absolute atomic E-state index is 0.184. The van der Waals surface area contributed by atoms with Gasteiger partial charge in [0, 0.05) is 12.3 Å². The lowest BCUT2D eigenvalue weighted by Crippen LogP contribution is -2.52. The second-order valence-corrected chi connectivity index (χ2v) is 5.18. The van der Waals surface area contributed by atoms with E-state index in [0.717, 1.165) is 19.4 Å². The Hall–Kier alpha value is -2.08. The van der Waals surface area contributed by atoms with Crippen molar-refractivity contribution >= 4 is 17.7 Å². The van der Waals surface area contributed by atoms with E-state index in [9.17, 15) is 9.59 Å². The van der Waals surface area contributed by atoms with Crippen molar-refractivity contribution in [3.63, 3.8) is 0 Å². The number of carbonyl (C=O) groups excluding carboxylic acids is 1. The molecule has 6 nitrogen and oxygen atoms in total. The molecule has 1 aromatic rings. The van der Waals surface area contributed by atoms with Gasteiger partial charge in [-0.1, -0.05) is 0 Å². The normalized spacial score (nSPS) is 22.1. The van der Waals surface area contributed by atoms with Gasteiger partial charge in [-0.15, -0.1) is 0 Å². The van der Waals surface area contributed by atoms with Gasteiger partial charge in [0.2, 0.25) is 0 Å². The Morgan fingerprint density at radius 2 is 2.00 bits per heavy atom. The zero-order chi connectivity index (χ0) is 14.6. The van der Waals surface area contributed by atoms with Crippen LogP contribution in [0, 0.1) is 0 Å². The van der Waals surface area contributed by atoms with Crippen molar-refractivity contribution in [1.29, 1.82) is 0 Å². The van der Waals surface area contributed by atoms with Crippen molar-refractivity contribution in [1.82, 2.24) is 5.32 Å². The van der Waals surface area contributed by atoms with Crippen LogP contribution in [0.2, 0.25) is 0 Å². The summed E-state index contributed by atoms with van der Waals surface area (Å²) in [5.41, 5.74) is 0.375. The second kappa shape index (κ2) is 5.92. The van der Waals surface area contributed by atoms with Crippen LogP contribution in [-0.2, 0) is 4.74 Å². The van der Waals surface area contributed by atoms with Crippen molar-refractivity contribution in [2.24, 2.45) is 0 Å². The first-order valence-electron chi connectivity index (χ1n) is 6.49.